The van der Waals surface area contributed by atoms with Gasteiger partial charge in [0.2, 0.25) is 5.95 Å². The first-order chi connectivity index (χ1) is 14.7. The summed E-state index contributed by atoms with van der Waals surface area (Å²) < 4.78 is 0. The maximum atomic E-state index is 6.69. The smallest absolute Gasteiger partial charge is 0.222 e. The summed E-state index contributed by atoms with van der Waals surface area (Å²) >= 11 is 13.4. The molecule has 0 spiro atoms. The van der Waals surface area contributed by atoms with Gasteiger partial charge in [0, 0.05) is 40.6 Å². The lowest BCUT2D eigenvalue weighted by molar-refractivity contribution is 0.0985. The minimum atomic E-state index is 0.0545. The Morgan fingerprint density at radius 1 is 0.800 bits per heavy atom. The second-order valence-electron chi connectivity index (χ2n) is 8.16. The molecule has 0 saturated carbocycles. The highest BCUT2D eigenvalue weighted by atomic mass is 35.5. The van der Waals surface area contributed by atoms with Crippen LogP contribution < -0.4 is 5.32 Å². The van der Waals surface area contributed by atoms with Crippen LogP contribution in [0.2, 0.25) is 10.0 Å². The van der Waals surface area contributed by atoms with Crippen LogP contribution in [0.3, 0.4) is 0 Å². The zero-order valence-electron chi connectivity index (χ0n) is 16.6. The third kappa shape index (κ3) is 3.80. The predicted octanol–water partition coefficient (Wildman–Crippen LogP) is 5.98. The average molecular weight is 439 g/mol. The van der Waals surface area contributed by atoms with Gasteiger partial charge in [0.1, 0.15) is 0 Å². The third-order valence-electron chi connectivity index (χ3n) is 6.39. The highest BCUT2D eigenvalue weighted by Gasteiger charge is 2.45. The van der Waals surface area contributed by atoms with E-state index in [2.05, 4.69) is 44.5 Å². The summed E-state index contributed by atoms with van der Waals surface area (Å²) in [7, 11) is 0. The molecule has 0 aliphatic carbocycles. The zero-order chi connectivity index (χ0) is 20.5. The molecule has 2 fully saturated rings. The minimum absolute atomic E-state index is 0.0545. The summed E-state index contributed by atoms with van der Waals surface area (Å²) in [6.07, 6.45) is 8.04. The summed E-state index contributed by atoms with van der Waals surface area (Å²) in [6.45, 7) is 0. The van der Waals surface area contributed by atoms with Gasteiger partial charge in [-0.25, -0.2) is 9.97 Å². The number of nitrogens with one attached hydrogen (secondary N) is 1. The van der Waals surface area contributed by atoms with Crippen molar-refractivity contribution in [2.24, 2.45) is 0 Å². The number of halogens is 2. The normalized spacial score (nSPS) is 23.6. The van der Waals surface area contributed by atoms with Crippen LogP contribution in [0.1, 0.15) is 42.9 Å². The molecule has 3 aromatic rings. The Morgan fingerprint density at radius 2 is 1.33 bits per heavy atom. The third-order valence-corrected chi connectivity index (χ3v) is 7.07. The lowest BCUT2D eigenvalue weighted by Gasteiger charge is -2.44. The van der Waals surface area contributed by atoms with Crippen LogP contribution in [-0.2, 0) is 0 Å². The second-order valence-corrected chi connectivity index (χ2v) is 8.98. The van der Waals surface area contributed by atoms with E-state index in [0.717, 1.165) is 34.0 Å². The van der Waals surface area contributed by atoms with Gasteiger partial charge in [-0.1, -0.05) is 59.6 Å². The number of hydrogen-bond acceptors (Lipinski definition) is 4. The number of aromatic nitrogens is 2. The van der Waals surface area contributed by atoms with Crippen LogP contribution in [0.15, 0.2) is 67.0 Å². The van der Waals surface area contributed by atoms with E-state index in [1.807, 2.05) is 30.3 Å². The Balaban J connectivity index is 1.47. The molecule has 5 rings (SSSR count). The summed E-state index contributed by atoms with van der Waals surface area (Å²) in [6, 6.07) is 19.5. The molecule has 1 N–H and O–H groups in total. The van der Waals surface area contributed by atoms with Gasteiger partial charge in [0.05, 0.1) is 6.04 Å². The molecule has 2 saturated heterocycles. The Kier molecular flexibility index (Phi) is 5.64. The van der Waals surface area contributed by atoms with Gasteiger partial charge in [-0.05, 0) is 55.0 Å². The lowest BCUT2D eigenvalue weighted by atomic mass is 9.89. The first-order valence-corrected chi connectivity index (χ1v) is 11.3. The molecular formula is C24H24Cl2N4. The number of hydrogen-bond donors (Lipinski definition) is 1. The van der Waals surface area contributed by atoms with Gasteiger partial charge in [-0.3, -0.25) is 4.90 Å². The molecule has 2 aliphatic rings. The molecule has 0 radical (unpaired) electrons. The average Bonchev–Trinajstić information content (AvgIpc) is 3.01. The fourth-order valence-corrected chi connectivity index (χ4v) is 5.67. The van der Waals surface area contributed by atoms with Crippen LogP contribution >= 0.6 is 23.2 Å². The van der Waals surface area contributed by atoms with Crippen molar-refractivity contribution in [1.82, 2.24) is 14.9 Å². The largest absolute Gasteiger partial charge is 0.351 e. The fraction of sp³-hybridized carbons (Fsp3) is 0.333. The van der Waals surface area contributed by atoms with Crippen molar-refractivity contribution in [3.8, 4) is 0 Å². The standard InChI is InChI=1S/C24H24Cl2N4/c25-21-8-3-1-6-19(21)23(20-7-2-4-9-22(20)26)30-17-10-11-18(30)15-16(14-17)29-24-27-12-5-13-28-24/h1-9,12-13,16-18,23H,10-11,14-15H2,(H,27,28,29). The molecular weight excluding hydrogens is 415 g/mol. The van der Waals surface area contributed by atoms with Crippen molar-refractivity contribution in [2.75, 3.05) is 5.32 Å². The summed E-state index contributed by atoms with van der Waals surface area (Å²) in [5.41, 5.74) is 2.25. The zero-order valence-corrected chi connectivity index (χ0v) is 18.1. The van der Waals surface area contributed by atoms with E-state index >= 15 is 0 Å². The van der Waals surface area contributed by atoms with Crippen molar-refractivity contribution in [3.63, 3.8) is 0 Å². The molecule has 2 aromatic carbocycles. The molecule has 1 aromatic heterocycles. The Bertz CT molecular complexity index is 953. The molecule has 2 unspecified atom stereocenters. The van der Waals surface area contributed by atoms with E-state index in [4.69, 9.17) is 23.2 Å². The molecule has 2 aliphatic heterocycles. The second kappa shape index (κ2) is 8.54. The van der Waals surface area contributed by atoms with Crippen LogP contribution in [0, 0.1) is 0 Å². The Labute approximate surface area is 187 Å². The van der Waals surface area contributed by atoms with E-state index < -0.39 is 0 Å². The minimum Gasteiger partial charge on any atom is -0.351 e. The number of benzene rings is 2. The molecule has 30 heavy (non-hydrogen) atoms. The SMILES string of the molecule is Clc1ccccc1C(c1ccccc1Cl)N1C2CCC1CC(Nc1ncccn1)C2. The van der Waals surface area contributed by atoms with Gasteiger partial charge >= 0.3 is 0 Å². The van der Waals surface area contributed by atoms with Crippen molar-refractivity contribution in [1.29, 1.82) is 0 Å². The molecule has 6 heteroatoms. The highest BCUT2D eigenvalue weighted by Crippen LogP contribution is 2.47. The first kappa shape index (κ1) is 19.8. The summed E-state index contributed by atoms with van der Waals surface area (Å²) in [4.78, 5) is 11.3. The Hall–Kier alpha value is -2.14. The van der Waals surface area contributed by atoms with E-state index in [0.29, 0.717) is 24.1 Å². The molecule has 0 amide bonds. The number of fused-ring (bicyclic) bond motifs is 2. The molecule has 3 heterocycles. The van der Waals surface area contributed by atoms with Crippen LogP contribution in [0.5, 0.6) is 0 Å². The van der Waals surface area contributed by atoms with Crippen LogP contribution in [0.25, 0.3) is 0 Å². The van der Waals surface area contributed by atoms with Gasteiger partial charge < -0.3 is 5.32 Å². The van der Waals surface area contributed by atoms with Crippen molar-refractivity contribution in [3.05, 3.63) is 88.2 Å². The summed E-state index contributed by atoms with van der Waals surface area (Å²) in [5.74, 6) is 0.712. The fourth-order valence-electron chi connectivity index (χ4n) is 5.19. The summed E-state index contributed by atoms with van der Waals surface area (Å²) in [5, 5.41) is 5.13. The van der Waals surface area contributed by atoms with E-state index in [1.165, 1.54) is 12.8 Å². The molecule has 2 atom stereocenters. The quantitative estimate of drug-likeness (QED) is 0.531. The van der Waals surface area contributed by atoms with Gasteiger partial charge in [0.15, 0.2) is 0 Å². The van der Waals surface area contributed by atoms with E-state index in [-0.39, 0.29) is 6.04 Å². The number of rotatable bonds is 5. The van der Waals surface area contributed by atoms with Crippen molar-refractivity contribution >= 4 is 29.2 Å². The topological polar surface area (TPSA) is 41.0 Å². The highest BCUT2D eigenvalue weighted by molar-refractivity contribution is 6.32. The lowest BCUT2D eigenvalue weighted by Crippen LogP contribution is -2.49. The maximum absolute atomic E-state index is 6.69. The first-order valence-electron chi connectivity index (χ1n) is 10.5. The van der Waals surface area contributed by atoms with Crippen LogP contribution in [0.4, 0.5) is 5.95 Å². The molecule has 2 bridgehead atoms. The predicted molar refractivity (Wildman–Crippen MR) is 122 cm³/mol. The molecule has 154 valence electrons. The van der Waals surface area contributed by atoms with E-state index in [9.17, 15) is 0 Å². The molecule has 4 nitrogen and oxygen atoms in total. The van der Waals surface area contributed by atoms with Crippen molar-refractivity contribution in [2.45, 2.75) is 49.9 Å². The van der Waals surface area contributed by atoms with Gasteiger partial charge in [0.25, 0.3) is 0 Å². The monoisotopic (exact) mass is 438 g/mol. The number of anilines is 1. The number of piperidine rings is 1. The maximum Gasteiger partial charge on any atom is 0.222 e. The van der Waals surface area contributed by atoms with Gasteiger partial charge in [-0.2, -0.15) is 0 Å². The van der Waals surface area contributed by atoms with Gasteiger partial charge in [-0.15, -0.1) is 0 Å². The van der Waals surface area contributed by atoms with Crippen LogP contribution in [-0.4, -0.2) is 33.0 Å². The Morgan fingerprint density at radius 3 is 1.87 bits per heavy atom. The van der Waals surface area contributed by atoms with Crippen molar-refractivity contribution < 1.29 is 0 Å². The van der Waals surface area contributed by atoms with E-state index in [1.54, 1.807) is 12.4 Å². The number of nitrogens with zero attached hydrogens (tertiary/aromatic N) is 3.